The topological polar surface area (TPSA) is 87.4 Å². The number of carbonyl (C=O) groups is 4. The number of carbonyl (C=O) groups excluding carboxylic acids is 4. The van der Waals surface area contributed by atoms with E-state index in [9.17, 15) is 19.2 Å². The van der Waals surface area contributed by atoms with Crippen molar-refractivity contribution in [2.75, 3.05) is 0 Å². The molecule has 144 valence electrons. The molecule has 1 saturated heterocycles. The lowest BCUT2D eigenvalue weighted by Gasteiger charge is -2.18. The summed E-state index contributed by atoms with van der Waals surface area (Å²) in [6, 6.07) is 15.7. The molecule has 2 unspecified atom stereocenters. The van der Waals surface area contributed by atoms with Gasteiger partial charge in [0.05, 0.1) is 17.2 Å². The number of benzene rings is 2. The summed E-state index contributed by atoms with van der Waals surface area (Å²) < 4.78 is 0. The number of hydrogen-bond acceptors (Lipinski definition) is 6. The Bertz CT molecular complexity index is 1230. The number of aromatic nitrogens is 1. The summed E-state index contributed by atoms with van der Waals surface area (Å²) in [7, 11) is 0. The van der Waals surface area contributed by atoms with E-state index in [1.165, 1.54) is 5.01 Å². The van der Waals surface area contributed by atoms with Crippen LogP contribution in [0.15, 0.2) is 73.1 Å². The molecule has 3 aromatic rings. The summed E-state index contributed by atoms with van der Waals surface area (Å²) in [5, 5.41) is 2.28. The van der Waals surface area contributed by atoms with Crippen molar-refractivity contribution >= 4 is 23.4 Å². The van der Waals surface area contributed by atoms with E-state index >= 15 is 0 Å². The summed E-state index contributed by atoms with van der Waals surface area (Å²) >= 11 is 0. The molecule has 1 aliphatic carbocycles. The fraction of sp³-hybridized carbons (Fsp3) is 0.0870. The predicted octanol–water partition coefficient (Wildman–Crippen LogP) is 2.47. The molecule has 1 fully saturated rings. The molecule has 6 rings (SSSR count). The Kier molecular flexibility index (Phi) is 3.13. The van der Waals surface area contributed by atoms with Gasteiger partial charge in [0.25, 0.3) is 11.8 Å². The molecule has 2 aromatic carbocycles. The zero-order valence-corrected chi connectivity index (χ0v) is 15.5. The number of nitrogens with zero attached hydrogens (tertiary/aromatic N) is 3. The number of amides is 2. The molecule has 2 aliphatic heterocycles. The number of hydrogen-bond donors (Lipinski definition) is 0. The molecule has 1 aromatic heterocycles. The smallest absolute Gasteiger partial charge is 0.276 e. The predicted molar refractivity (Wildman–Crippen MR) is 104 cm³/mol. The molecule has 3 aliphatic rings. The van der Waals surface area contributed by atoms with E-state index in [0.29, 0.717) is 16.7 Å². The van der Waals surface area contributed by atoms with Gasteiger partial charge in [-0.1, -0.05) is 42.5 Å². The fourth-order valence-electron chi connectivity index (χ4n) is 4.69. The van der Waals surface area contributed by atoms with E-state index < -0.39 is 35.0 Å². The lowest BCUT2D eigenvalue weighted by atomic mass is 9.95. The van der Waals surface area contributed by atoms with Crippen LogP contribution in [0.1, 0.15) is 53.0 Å². The number of fused-ring (bicyclic) bond motifs is 2. The van der Waals surface area contributed by atoms with Crippen LogP contribution in [0.3, 0.4) is 0 Å². The van der Waals surface area contributed by atoms with Crippen LogP contribution in [0, 0.1) is 0 Å². The third-order valence-electron chi connectivity index (χ3n) is 6.03. The van der Waals surface area contributed by atoms with Gasteiger partial charge < -0.3 is 0 Å². The lowest BCUT2D eigenvalue weighted by molar-refractivity contribution is 0.0297. The van der Waals surface area contributed by atoms with Crippen molar-refractivity contribution in [1.29, 1.82) is 0 Å². The Hall–Kier alpha value is -3.97. The number of imide groups is 1. The van der Waals surface area contributed by atoms with Crippen molar-refractivity contribution in [3.63, 3.8) is 0 Å². The molecule has 30 heavy (non-hydrogen) atoms. The first kappa shape index (κ1) is 16.9. The van der Waals surface area contributed by atoms with Gasteiger partial charge in [0, 0.05) is 23.5 Å². The van der Waals surface area contributed by atoms with Gasteiger partial charge in [-0.25, -0.2) is 0 Å². The Labute approximate surface area is 170 Å². The van der Waals surface area contributed by atoms with Gasteiger partial charge in [0.1, 0.15) is 0 Å². The van der Waals surface area contributed by atoms with E-state index in [-0.39, 0.29) is 11.1 Å². The Morgan fingerprint density at radius 3 is 1.73 bits per heavy atom. The van der Waals surface area contributed by atoms with E-state index in [2.05, 4.69) is 4.98 Å². The van der Waals surface area contributed by atoms with E-state index in [0.717, 1.165) is 5.01 Å². The molecular weight excluding hydrogens is 382 g/mol. The quantitative estimate of drug-likeness (QED) is 0.376. The van der Waals surface area contributed by atoms with Gasteiger partial charge in [0.2, 0.25) is 0 Å². The van der Waals surface area contributed by atoms with Crippen molar-refractivity contribution < 1.29 is 19.2 Å². The minimum absolute atomic E-state index is 0.255. The molecule has 0 saturated carbocycles. The second-order valence-electron chi connectivity index (χ2n) is 7.47. The van der Waals surface area contributed by atoms with Crippen LogP contribution in [-0.4, -0.2) is 43.9 Å². The van der Waals surface area contributed by atoms with E-state index in [1.54, 1.807) is 73.1 Å². The van der Waals surface area contributed by atoms with Gasteiger partial charge in [-0.2, -0.15) is 10.0 Å². The first-order valence-corrected chi connectivity index (χ1v) is 9.44. The number of ketones is 2. The molecule has 0 N–H and O–H groups in total. The highest BCUT2D eigenvalue weighted by atomic mass is 16.2. The third-order valence-corrected chi connectivity index (χ3v) is 6.03. The maximum absolute atomic E-state index is 13.5. The maximum atomic E-state index is 13.5. The van der Waals surface area contributed by atoms with Crippen molar-refractivity contribution in [3.05, 3.63) is 101 Å². The Morgan fingerprint density at radius 2 is 1.23 bits per heavy atom. The maximum Gasteiger partial charge on any atom is 0.276 e. The lowest BCUT2D eigenvalue weighted by Crippen LogP contribution is -2.43. The molecule has 2 amide bonds. The number of pyridine rings is 1. The zero-order chi connectivity index (χ0) is 20.6. The molecule has 7 nitrogen and oxygen atoms in total. The molecule has 7 heteroatoms. The van der Waals surface area contributed by atoms with E-state index in [4.69, 9.17) is 0 Å². The van der Waals surface area contributed by atoms with Crippen molar-refractivity contribution in [3.8, 4) is 0 Å². The monoisotopic (exact) mass is 395 g/mol. The first-order valence-electron chi connectivity index (χ1n) is 9.44. The highest BCUT2D eigenvalue weighted by Gasteiger charge is 2.79. The average molecular weight is 395 g/mol. The Morgan fingerprint density at radius 1 is 0.700 bits per heavy atom. The first-order chi connectivity index (χ1) is 14.6. The largest absolute Gasteiger partial charge is 0.291 e. The summed E-state index contributed by atoms with van der Waals surface area (Å²) in [6.45, 7) is 0. The molecule has 1 spiro atoms. The number of hydrazine groups is 1. The summed E-state index contributed by atoms with van der Waals surface area (Å²) in [6.07, 6.45) is 3.13. The molecule has 3 heterocycles. The minimum atomic E-state index is -1.65. The van der Waals surface area contributed by atoms with Crippen molar-refractivity contribution in [2.45, 2.75) is 11.6 Å². The summed E-state index contributed by atoms with van der Waals surface area (Å²) in [5.41, 5.74) is 0.0458. The Balaban J connectivity index is 1.54. The highest BCUT2D eigenvalue weighted by molar-refractivity contribution is 6.36. The van der Waals surface area contributed by atoms with Gasteiger partial charge in [-0.15, -0.1) is 0 Å². The van der Waals surface area contributed by atoms with Gasteiger partial charge >= 0.3 is 0 Å². The van der Waals surface area contributed by atoms with Crippen LogP contribution in [0.25, 0.3) is 0 Å². The summed E-state index contributed by atoms with van der Waals surface area (Å²) in [5.74, 6) is -1.90. The minimum Gasteiger partial charge on any atom is -0.291 e. The molecular formula is C23H13N3O4. The SMILES string of the molecule is O=C1c2ccccc2C(=O)N1N1C(c2cccnc2)C12C(=O)c1ccccc1C2=O. The number of rotatable bonds is 2. The second-order valence-corrected chi connectivity index (χ2v) is 7.47. The van der Waals surface area contributed by atoms with Crippen molar-refractivity contribution in [2.24, 2.45) is 0 Å². The van der Waals surface area contributed by atoms with Crippen LogP contribution < -0.4 is 0 Å². The average Bonchev–Trinajstić information content (AvgIpc) is 3.34. The van der Waals surface area contributed by atoms with Gasteiger partial charge in [-0.05, 0) is 23.8 Å². The van der Waals surface area contributed by atoms with Crippen LogP contribution in [0.2, 0.25) is 0 Å². The van der Waals surface area contributed by atoms with Crippen LogP contribution in [-0.2, 0) is 0 Å². The fourth-order valence-corrected chi connectivity index (χ4v) is 4.69. The molecule has 0 radical (unpaired) electrons. The number of Topliss-reactive ketones (excluding diaryl/α,β-unsaturated/α-hetero) is 2. The highest BCUT2D eigenvalue weighted by Crippen LogP contribution is 2.61. The zero-order valence-electron chi connectivity index (χ0n) is 15.5. The van der Waals surface area contributed by atoms with Crippen molar-refractivity contribution in [1.82, 2.24) is 15.0 Å². The van der Waals surface area contributed by atoms with Crippen LogP contribution in [0.4, 0.5) is 0 Å². The van der Waals surface area contributed by atoms with Crippen LogP contribution >= 0.6 is 0 Å². The molecule has 0 bridgehead atoms. The van der Waals surface area contributed by atoms with Gasteiger partial charge in [-0.3, -0.25) is 24.2 Å². The standard InChI is InChI=1S/C23H13N3O4/c27-19-14-7-1-2-8-15(14)20(28)23(19)18(13-6-5-11-24-12-13)26(23)25-21(29)16-9-3-4-10-17(16)22(25)30/h1-12,18H. The normalized spacial score (nSPS) is 23.1. The van der Waals surface area contributed by atoms with E-state index in [1.807, 2.05) is 0 Å². The second kappa shape index (κ2) is 5.55. The van der Waals surface area contributed by atoms with Crippen LogP contribution in [0.5, 0.6) is 0 Å². The third kappa shape index (κ3) is 1.80. The summed E-state index contributed by atoms with van der Waals surface area (Å²) in [4.78, 5) is 57.3. The molecule has 2 atom stereocenters. The van der Waals surface area contributed by atoms with Gasteiger partial charge in [0.15, 0.2) is 17.1 Å².